The highest BCUT2D eigenvalue weighted by atomic mass is 16.5. The van der Waals surface area contributed by atoms with E-state index in [-0.39, 0.29) is 18.6 Å². The first kappa shape index (κ1) is 16.4. The van der Waals surface area contributed by atoms with Crippen molar-refractivity contribution in [3.8, 4) is 5.75 Å². The van der Waals surface area contributed by atoms with E-state index in [1.165, 1.54) is 0 Å². The van der Waals surface area contributed by atoms with Crippen molar-refractivity contribution >= 4 is 6.03 Å². The first-order chi connectivity index (χ1) is 11.7. The lowest BCUT2D eigenvalue weighted by molar-refractivity contribution is 0.172. The first-order valence-corrected chi connectivity index (χ1v) is 8.10. The Morgan fingerprint density at radius 1 is 1.38 bits per heavy atom. The number of nitrogens with one attached hydrogen (secondary N) is 2. The summed E-state index contributed by atoms with van der Waals surface area (Å²) in [5, 5.41) is 15.8. The number of furan rings is 1. The molecule has 2 amide bonds. The van der Waals surface area contributed by atoms with Crippen LogP contribution in [-0.2, 0) is 6.42 Å². The second-order valence-electron chi connectivity index (χ2n) is 5.89. The van der Waals surface area contributed by atoms with Crippen LogP contribution < -0.4 is 15.4 Å². The molecule has 1 aliphatic carbocycles. The molecule has 0 saturated heterocycles. The Bertz CT molecular complexity index is 681. The van der Waals surface area contributed by atoms with Gasteiger partial charge in [0.2, 0.25) is 0 Å². The fourth-order valence-electron chi connectivity index (χ4n) is 2.98. The van der Waals surface area contributed by atoms with Crippen molar-refractivity contribution in [2.24, 2.45) is 0 Å². The molecule has 1 heterocycles. The summed E-state index contributed by atoms with van der Waals surface area (Å²) in [7, 11) is 1.59. The van der Waals surface area contributed by atoms with Crippen LogP contribution in [0.15, 0.2) is 41.0 Å². The highest BCUT2D eigenvalue weighted by Gasteiger charge is 2.24. The Kier molecular flexibility index (Phi) is 5.05. The predicted octanol–water partition coefficient (Wildman–Crippen LogP) is 2.70. The number of carbonyl (C=O) groups excluding carboxylic acids is 1. The summed E-state index contributed by atoms with van der Waals surface area (Å²) in [6, 6.07) is 8.70. The van der Waals surface area contributed by atoms with E-state index in [9.17, 15) is 9.90 Å². The molecular weight excluding hydrogens is 308 g/mol. The summed E-state index contributed by atoms with van der Waals surface area (Å²) in [5.41, 5.74) is 1.78. The van der Waals surface area contributed by atoms with Crippen LogP contribution >= 0.6 is 0 Å². The molecular formula is C18H22N2O4. The Balaban J connectivity index is 1.50. The lowest BCUT2D eigenvalue weighted by atomic mass is 9.93. The molecule has 3 rings (SSSR count). The van der Waals surface area contributed by atoms with E-state index in [4.69, 9.17) is 9.15 Å². The number of fused-ring (bicyclic) bond motifs is 1. The molecule has 6 nitrogen and oxygen atoms in total. The van der Waals surface area contributed by atoms with Crippen molar-refractivity contribution in [1.29, 1.82) is 0 Å². The molecule has 2 atom stereocenters. The molecule has 6 heteroatoms. The van der Waals surface area contributed by atoms with Gasteiger partial charge in [0.25, 0.3) is 0 Å². The largest absolute Gasteiger partial charge is 0.497 e. The lowest BCUT2D eigenvalue weighted by Crippen LogP contribution is -2.40. The molecule has 2 unspecified atom stereocenters. The second kappa shape index (κ2) is 7.40. The van der Waals surface area contributed by atoms with E-state index in [0.717, 1.165) is 41.9 Å². The van der Waals surface area contributed by atoms with Crippen LogP contribution in [-0.4, -0.2) is 24.8 Å². The number of benzene rings is 1. The van der Waals surface area contributed by atoms with E-state index in [2.05, 4.69) is 10.6 Å². The summed E-state index contributed by atoms with van der Waals surface area (Å²) in [4.78, 5) is 12.1. The van der Waals surface area contributed by atoms with Gasteiger partial charge in [0.05, 0.1) is 25.5 Å². The van der Waals surface area contributed by atoms with Crippen LogP contribution in [0.2, 0.25) is 0 Å². The summed E-state index contributed by atoms with van der Waals surface area (Å²) in [5.74, 6) is 1.68. The van der Waals surface area contributed by atoms with Crippen LogP contribution in [0.5, 0.6) is 5.75 Å². The smallest absolute Gasteiger partial charge is 0.315 e. The molecule has 3 N–H and O–H groups in total. The minimum Gasteiger partial charge on any atom is -0.497 e. The average Bonchev–Trinajstić information content (AvgIpc) is 3.09. The molecule has 0 radical (unpaired) electrons. The number of ether oxygens (including phenoxy) is 1. The zero-order chi connectivity index (χ0) is 16.9. The van der Waals surface area contributed by atoms with Crippen LogP contribution in [0.25, 0.3) is 0 Å². The van der Waals surface area contributed by atoms with Gasteiger partial charge in [0.15, 0.2) is 0 Å². The molecule has 0 aliphatic heterocycles. The highest BCUT2D eigenvalue weighted by molar-refractivity contribution is 5.74. The van der Waals surface area contributed by atoms with Crippen molar-refractivity contribution in [2.45, 2.75) is 31.4 Å². The number of aryl methyl sites for hydroxylation is 1. The topological polar surface area (TPSA) is 83.7 Å². The minimum atomic E-state index is -0.766. The van der Waals surface area contributed by atoms with Gasteiger partial charge in [-0.05, 0) is 36.6 Å². The van der Waals surface area contributed by atoms with E-state index >= 15 is 0 Å². The SMILES string of the molecule is COc1ccc(C(O)CNC(=O)NC2CCCc3occc32)cc1. The van der Waals surface area contributed by atoms with Gasteiger partial charge in [-0.3, -0.25) is 0 Å². The summed E-state index contributed by atoms with van der Waals surface area (Å²) >= 11 is 0. The Morgan fingerprint density at radius 3 is 2.92 bits per heavy atom. The summed E-state index contributed by atoms with van der Waals surface area (Å²) < 4.78 is 10.5. The van der Waals surface area contributed by atoms with Crippen LogP contribution in [0.3, 0.4) is 0 Å². The maximum absolute atomic E-state index is 12.1. The number of hydrogen-bond donors (Lipinski definition) is 3. The van der Waals surface area contributed by atoms with Crippen LogP contribution in [0.4, 0.5) is 4.79 Å². The lowest BCUT2D eigenvalue weighted by Gasteiger charge is -2.23. The standard InChI is InChI=1S/C18H22N2O4/c1-23-13-7-5-12(6-8-13)16(21)11-19-18(22)20-15-3-2-4-17-14(15)9-10-24-17/h5-10,15-16,21H,2-4,11H2,1H3,(H2,19,20,22). The van der Waals surface area contributed by atoms with E-state index < -0.39 is 6.10 Å². The maximum Gasteiger partial charge on any atom is 0.315 e. The van der Waals surface area contributed by atoms with E-state index in [0.29, 0.717) is 0 Å². The Hall–Kier alpha value is -2.47. The van der Waals surface area contributed by atoms with Crippen molar-refractivity contribution in [2.75, 3.05) is 13.7 Å². The third-order valence-corrected chi connectivity index (χ3v) is 4.31. The van der Waals surface area contributed by atoms with Gasteiger partial charge in [-0.15, -0.1) is 0 Å². The fourth-order valence-corrected chi connectivity index (χ4v) is 2.98. The van der Waals surface area contributed by atoms with Gasteiger partial charge in [-0.2, -0.15) is 0 Å². The molecule has 2 aromatic rings. The maximum atomic E-state index is 12.1. The average molecular weight is 330 g/mol. The normalized spacial score (nSPS) is 17.7. The van der Waals surface area contributed by atoms with Gasteiger partial charge >= 0.3 is 6.03 Å². The molecule has 1 aromatic carbocycles. The third kappa shape index (κ3) is 3.71. The van der Waals surface area contributed by atoms with E-state index in [1.807, 2.05) is 6.07 Å². The number of aliphatic hydroxyl groups excluding tert-OH is 1. The number of methoxy groups -OCH3 is 1. The number of rotatable bonds is 5. The number of aliphatic hydroxyl groups is 1. The number of carbonyl (C=O) groups is 1. The quantitative estimate of drug-likeness (QED) is 0.787. The summed E-state index contributed by atoms with van der Waals surface area (Å²) in [6.45, 7) is 0.142. The molecule has 1 aliphatic rings. The predicted molar refractivity (Wildman–Crippen MR) is 88.9 cm³/mol. The molecule has 128 valence electrons. The van der Waals surface area contributed by atoms with Crippen molar-refractivity contribution in [3.05, 3.63) is 53.5 Å². The summed E-state index contributed by atoms with van der Waals surface area (Å²) in [6.07, 6.45) is 3.69. The monoisotopic (exact) mass is 330 g/mol. The van der Waals surface area contributed by atoms with Crippen molar-refractivity contribution < 1.29 is 19.1 Å². The van der Waals surface area contributed by atoms with Gasteiger partial charge in [-0.1, -0.05) is 12.1 Å². The van der Waals surface area contributed by atoms with Gasteiger partial charge in [0.1, 0.15) is 11.5 Å². The number of hydrogen-bond acceptors (Lipinski definition) is 4. The van der Waals surface area contributed by atoms with Gasteiger partial charge in [0, 0.05) is 18.5 Å². The molecule has 0 spiro atoms. The first-order valence-electron chi connectivity index (χ1n) is 8.10. The van der Waals surface area contributed by atoms with Gasteiger partial charge in [-0.25, -0.2) is 4.79 Å². The molecule has 0 bridgehead atoms. The molecule has 0 fully saturated rings. The molecule has 1 aromatic heterocycles. The van der Waals surface area contributed by atoms with Crippen LogP contribution in [0, 0.1) is 0 Å². The fraction of sp³-hybridized carbons (Fsp3) is 0.389. The van der Waals surface area contributed by atoms with E-state index in [1.54, 1.807) is 37.6 Å². The zero-order valence-corrected chi connectivity index (χ0v) is 13.6. The van der Waals surface area contributed by atoms with Crippen molar-refractivity contribution in [3.63, 3.8) is 0 Å². The number of amides is 2. The van der Waals surface area contributed by atoms with Crippen LogP contribution in [0.1, 0.15) is 41.9 Å². The Morgan fingerprint density at radius 2 is 2.17 bits per heavy atom. The molecule has 0 saturated carbocycles. The second-order valence-corrected chi connectivity index (χ2v) is 5.89. The Labute approximate surface area is 140 Å². The third-order valence-electron chi connectivity index (χ3n) is 4.31. The number of urea groups is 1. The van der Waals surface area contributed by atoms with Gasteiger partial charge < -0.3 is 24.9 Å². The van der Waals surface area contributed by atoms with Crippen molar-refractivity contribution in [1.82, 2.24) is 10.6 Å². The minimum absolute atomic E-state index is 0.0365. The highest BCUT2D eigenvalue weighted by Crippen LogP contribution is 2.30. The molecule has 24 heavy (non-hydrogen) atoms. The zero-order valence-electron chi connectivity index (χ0n) is 13.6.